The van der Waals surface area contributed by atoms with Gasteiger partial charge in [0, 0.05) is 42.6 Å². The lowest BCUT2D eigenvalue weighted by Gasteiger charge is -2.39. The van der Waals surface area contributed by atoms with Gasteiger partial charge in [-0.25, -0.2) is 9.67 Å². The molecule has 1 aromatic carbocycles. The number of ether oxygens (including phenoxy) is 1. The molecule has 2 aliphatic rings. The molecule has 1 unspecified atom stereocenters. The molecule has 2 fully saturated rings. The van der Waals surface area contributed by atoms with Gasteiger partial charge in [-0.15, -0.1) is 5.10 Å². The molecule has 3 atom stereocenters. The minimum Gasteiger partial charge on any atom is -0.424 e. The summed E-state index contributed by atoms with van der Waals surface area (Å²) in [4.78, 5) is 11.1. The molecule has 2 bridgehead atoms. The van der Waals surface area contributed by atoms with E-state index in [0.29, 0.717) is 52.3 Å². The zero-order valence-electron chi connectivity index (χ0n) is 17.2. The summed E-state index contributed by atoms with van der Waals surface area (Å²) in [7, 11) is 0. The second kappa shape index (κ2) is 8.55. The van der Waals surface area contributed by atoms with Crippen LogP contribution in [0.15, 0.2) is 42.6 Å². The van der Waals surface area contributed by atoms with Crippen LogP contribution in [-0.2, 0) is 6.54 Å². The first kappa shape index (κ1) is 20.4. The predicted octanol–water partition coefficient (Wildman–Crippen LogP) is 5.12. The average Bonchev–Trinajstić information content (AvgIpc) is 3.23. The Hall–Kier alpha value is -2.51. The Bertz CT molecular complexity index is 1060. The minimum absolute atomic E-state index is 0.347. The van der Waals surface area contributed by atoms with Crippen LogP contribution < -0.4 is 15.0 Å². The fourth-order valence-corrected chi connectivity index (χ4v) is 5.06. The third-order valence-electron chi connectivity index (χ3n) is 6.15. The van der Waals surface area contributed by atoms with Gasteiger partial charge in [-0.3, -0.25) is 0 Å². The number of nitrogens with zero attached hydrogens (tertiary/aromatic N) is 5. The zero-order valence-corrected chi connectivity index (χ0v) is 18.7. The van der Waals surface area contributed by atoms with Gasteiger partial charge in [-0.05, 0) is 61.9 Å². The van der Waals surface area contributed by atoms with Crippen LogP contribution in [0.4, 0.5) is 11.6 Å². The topological polar surface area (TPSA) is 68.1 Å². The number of aromatic nitrogens is 4. The van der Waals surface area contributed by atoms with E-state index in [0.717, 1.165) is 18.8 Å². The van der Waals surface area contributed by atoms with Crippen molar-refractivity contribution in [1.29, 1.82) is 0 Å². The molecule has 1 aliphatic carbocycles. The van der Waals surface area contributed by atoms with Gasteiger partial charge in [0.1, 0.15) is 10.9 Å². The Kier molecular flexibility index (Phi) is 5.63. The van der Waals surface area contributed by atoms with E-state index in [1.165, 1.54) is 12.8 Å². The highest BCUT2D eigenvalue weighted by Crippen LogP contribution is 2.40. The number of fused-ring (bicyclic) bond motifs is 2. The van der Waals surface area contributed by atoms with Crippen molar-refractivity contribution in [2.45, 2.75) is 32.4 Å². The molecular formula is C22H24Cl2N6O. The van der Waals surface area contributed by atoms with Crippen molar-refractivity contribution in [3.05, 3.63) is 52.8 Å². The lowest BCUT2D eigenvalue weighted by atomic mass is 9.92. The standard InChI is InChI=1S/C22H24Cl2N6O/c1-2-30-22(31-18-5-3-4-16(23)10-18)27-21(28-30)26-20-14-6-7-15(20)13-29(12-14)17-8-9-25-19(24)11-17/h3-5,8-11,14-15,20H,2,6-7,12-13H2,1H3,(H,26,28)/t14-,15+,20?. The molecule has 1 aliphatic heterocycles. The number of pyridine rings is 1. The molecule has 7 nitrogen and oxygen atoms in total. The molecule has 0 radical (unpaired) electrons. The number of nitrogens with one attached hydrogen (secondary N) is 1. The van der Waals surface area contributed by atoms with Crippen molar-refractivity contribution in [3.63, 3.8) is 0 Å². The SMILES string of the molecule is CCn1nc(NC2[C@@H]3CC[C@H]2CN(c2ccnc(Cl)c2)C3)nc1Oc1cccc(Cl)c1. The smallest absolute Gasteiger partial charge is 0.322 e. The van der Waals surface area contributed by atoms with E-state index >= 15 is 0 Å². The molecule has 0 spiro atoms. The van der Waals surface area contributed by atoms with Gasteiger partial charge in [0.25, 0.3) is 0 Å². The molecular weight excluding hydrogens is 435 g/mol. The van der Waals surface area contributed by atoms with E-state index < -0.39 is 0 Å². The zero-order chi connectivity index (χ0) is 21.4. The van der Waals surface area contributed by atoms with E-state index in [2.05, 4.69) is 25.3 Å². The van der Waals surface area contributed by atoms with Gasteiger partial charge in [0.15, 0.2) is 0 Å². The van der Waals surface area contributed by atoms with Crippen LogP contribution in [0, 0.1) is 11.8 Å². The van der Waals surface area contributed by atoms with Crippen LogP contribution in [-0.4, -0.2) is 38.9 Å². The number of benzene rings is 1. The summed E-state index contributed by atoms with van der Waals surface area (Å²) in [6.45, 7) is 4.65. The number of aryl methyl sites for hydroxylation is 1. The first-order valence-corrected chi connectivity index (χ1v) is 11.4. The number of hydrogen-bond donors (Lipinski definition) is 1. The van der Waals surface area contributed by atoms with E-state index in [-0.39, 0.29) is 0 Å². The number of rotatable bonds is 6. The number of anilines is 2. The quantitative estimate of drug-likeness (QED) is 0.517. The molecule has 3 heterocycles. The highest BCUT2D eigenvalue weighted by atomic mass is 35.5. The molecule has 1 saturated heterocycles. The number of halogens is 2. The van der Waals surface area contributed by atoms with Crippen molar-refractivity contribution in [2.24, 2.45) is 11.8 Å². The van der Waals surface area contributed by atoms with Crippen molar-refractivity contribution >= 4 is 34.8 Å². The van der Waals surface area contributed by atoms with Crippen LogP contribution in [0.2, 0.25) is 10.2 Å². The van der Waals surface area contributed by atoms with Crippen LogP contribution in [0.25, 0.3) is 0 Å². The van der Waals surface area contributed by atoms with Crippen molar-refractivity contribution in [1.82, 2.24) is 19.7 Å². The average molecular weight is 459 g/mol. The number of hydrogen-bond acceptors (Lipinski definition) is 6. The summed E-state index contributed by atoms with van der Waals surface area (Å²) in [5.74, 6) is 2.31. The Morgan fingerprint density at radius 1 is 1.13 bits per heavy atom. The van der Waals surface area contributed by atoms with Gasteiger partial charge >= 0.3 is 6.01 Å². The van der Waals surface area contributed by atoms with E-state index in [1.54, 1.807) is 16.9 Å². The summed E-state index contributed by atoms with van der Waals surface area (Å²) in [5.41, 5.74) is 1.14. The Morgan fingerprint density at radius 2 is 1.94 bits per heavy atom. The van der Waals surface area contributed by atoms with Gasteiger partial charge in [0.2, 0.25) is 5.95 Å². The lowest BCUT2D eigenvalue weighted by molar-refractivity contribution is 0.376. The Labute approximate surface area is 191 Å². The maximum absolute atomic E-state index is 6.10. The summed E-state index contributed by atoms with van der Waals surface area (Å²) in [5, 5.41) is 9.38. The van der Waals surface area contributed by atoms with E-state index in [4.69, 9.17) is 27.9 Å². The van der Waals surface area contributed by atoms with Crippen LogP contribution >= 0.6 is 23.2 Å². The van der Waals surface area contributed by atoms with Crippen LogP contribution in [0.5, 0.6) is 11.8 Å². The largest absolute Gasteiger partial charge is 0.424 e. The van der Waals surface area contributed by atoms with Gasteiger partial charge < -0.3 is 15.0 Å². The Morgan fingerprint density at radius 3 is 2.65 bits per heavy atom. The maximum atomic E-state index is 6.10. The molecule has 1 saturated carbocycles. The molecule has 9 heteroatoms. The fraction of sp³-hybridized carbons (Fsp3) is 0.409. The highest BCUT2D eigenvalue weighted by molar-refractivity contribution is 6.30. The van der Waals surface area contributed by atoms with Crippen molar-refractivity contribution in [3.8, 4) is 11.8 Å². The van der Waals surface area contributed by atoms with E-state index in [9.17, 15) is 0 Å². The predicted molar refractivity (Wildman–Crippen MR) is 122 cm³/mol. The van der Waals surface area contributed by atoms with Gasteiger partial charge in [0.05, 0.1) is 0 Å². The molecule has 162 valence electrons. The molecule has 5 rings (SSSR count). The molecule has 2 aromatic heterocycles. The second-order valence-corrected chi connectivity index (χ2v) is 8.93. The van der Waals surface area contributed by atoms with Crippen molar-refractivity contribution < 1.29 is 4.74 Å². The Balaban J connectivity index is 1.30. The summed E-state index contributed by atoms with van der Waals surface area (Å²) in [6.07, 6.45) is 4.16. The lowest BCUT2D eigenvalue weighted by Crippen LogP contribution is -2.48. The van der Waals surface area contributed by atoms with E-state index in [1.807, 2.05) is 37.3 Å². The van der Waals surface area contributed by atoms with Crippen molar-refractivity contribution in [2.75, 3.05) is 23.3 Å². The third-order valence-corrected chi connectivity index (χ3v) is 6.59. The van der Waals surface area contributed by atoms with Crippen LogP contribution in [0.3, 0.4) is 0 Å². The molecule has 0 amide bonds. The number of piperidine rings is 1. The first-order chi connectivity index (χ1) is 15.1. The summed E-state index contributed by atoms with van der Waals surface area (Å²) >= 11 is 12.2. The third kappa shape index (κ3) is 4.29. The van der Waals surface area contributed by atoms with Crippen LogP contribution in [0.1, 0.15) is 19.8 Å². The summed E-state index contributed by atoms with van der Waals surface area (Å²) < 4.78 is 7.71. The highest BCUT2D eigenvalue weighted by Gasteiger charge is 2.42. The summed E-state index contributed by atoms with van der Waals surface area (Å²) in [6, 6.07) is 12.1. The second-order valence-electron chi connectivity index (χ2n) is 8.10. The molecule has 3 aromatic rings. The monoisotopic (exact) mass is 458 g/mol. The first-order valence-electron chi connectivity index (χ1n) is 10.6. The minimum atomic E-state index is 0.347. The normalized spacial score (nSPS) is 22.5. The van der Waals surface area contributed by atoms with Gasteiger partial charge in [-0.1, -0.05) is 29.3 Å². The molecule has 31 heavy (non-hydrogen) atoms. The fourth-order valence-electron chi connectivity index (χ4n) is 4.71. The van der Waals surface area contributed by atoms with Gasteiger partial charge in [-0.2, -0.15) is 4.98 Å². The maximum Gasteiger partial charge on any atom is 0.322 e. The molecule has 1 N–H and O–H groups in total.